The first kappa shape index (κ1) is 16.8. The molecule has 0 bridgehead atoms. The van der Waals surface area contributed by atoms with E-state index in [-0.39, 0.29) is 22.8 Å². The van der Waals surface area contributed by atoms with Crippen molar-refractivity contribution in [3.8, 4) is 0 Å². The van der Waals surface area contributed by atoms with Crippen LogP contribution in [0.3, 0.4) is 0 Å². The number of hydrogen-bond donors (Lipinski definition) is 0. The molecule has 1 saturated carbocycles. The van der Waals surface area contributed by atoms with E-state index in [2.05, 4.69) is 0 Å². The minimum atomic E-state index is -3.02. The van der Waals surface area contributed by atoms with Gasteiger partial charge in [0, 0.05) is 19.5 Å². The minimum absolute atomic E-state index is 0.150. The van der Waals surface area contributed by atoms with E-state index in [0.717, 1.165) is 6.42 Å². The molecule has 122 valence electrons. The fourth-order valence-electron chi connectivity index (χ4n) is 3.43. The monoisotopic (exact) mass is 315 g/mol. The van der Waals surface area contributed by atoms with E-state index in [4.69, 9.17) is 0 Å². The molecule has 0 unspecified atom stereocenters. The van der Waals surface area contributed by atoms with Gasteiger partial charge in [0.25, 0.3) is 0 Å². The second-order valence-electron chi connectivity index (χ2n) is 7.19. The highest BCUT2D eigenvalue weighted by atomic mass is 32.2. The van der Waals surface area contributed by atoms with Gasteiger partial charge in [0.15, 0.2) is 9.84 Å². The summed E-state index contributed by atoms with van der Waals surface area (Å²) in [5, 5.41) is -0.321. The van der Waals surface area contributed by atoms with Crippen molar-refractivity contribution < 1.29 is 13.2 Å². The van der Waals surface area contributed by atoms with Crippen molar-refractivity contribution in [3.05, 3.63) is 0 Å². The summed E-state index contributed by atoms with van der Waals surface area (Å²) >= 11 is 0. The van der Waals surface area contributed by atoms with Crippen molar-refractivity contribution in [2.75, 3.05) is 18.8 Å². The summed E-state index contributed by atoms with van der Waals surface area (Å²) < 4.78 is 24.1. The molecule has 1 amide bonds. The summed E-state index contributed by atoms with van der Waals surface area (Å²) in [5.74, 6) is 1.26. The van der Waals surface area contributed by atoms with Crippen molar-refractivity contribution >= 4 is 15.7 Å². The van der Waals surface area contributed by atoms with E-state index in [1.54, 1.807) is 4.90 Å². The molecule has 1 saturated heterocycles. The Morgan fingerprint density at radius 3 is 2.33 bits per heavy atom. The van der Waals surface area contributed by atoms with E-state index in [1.165, 1.54) is 32.1 Å². The van der Waals surface area contributed by atoms with Gasteiger partial charge in [-0.05, 0) is 18.3 Å². The van der Waals surface area contributed by atoms with Crippen LogP contribution in [0.25, 0.3) is 0 Å². The van der Waals surface area contributed by atoms with Gasteiger partial charge in [-0.3, -0.25) is 4.79 Å². The van der Waals surface area contributed by atoms with Crippen molar-refractivity contribution in [3.63, 3.8) is 0 Å². The van der Waals surface area contributed by atoms with Gasteiger partial charge in [-0.2, -0.15) is 0 Å². The van der Waals surface area contributed by atoms with E-state index in [9.17, 15) is 13.2 Å². The fraction of sp³-hybridized carbons (Fsp3) is 0.938. The molecule has 0 aromatic rings. The lowest BCUT2D eigenvalue weighted by Gasteiger charge is -2.39. The number of sulfone groups is 1. The van der Waals surface area contributed by atoms with Crippen LogP contribution in [0.5, 0.6) is 0 Å². The molecular weight excluding hydrogens is 286 g/mol. The number of hydrogen-bond acceptors (Lipinski definition) is 3. The molecule has 0 aromatic carbocycles. The standard InChI is InChI=1S/C16H29NO3S/c1-13(2)12-21(19,20)15-10-17(11-15)16(18)9-8-14-6-4-3-5-7-14/h13-15H,3-12H2,1-2H3. The number of carbonyl (C=O) groups is 1. The Morgan fingerprint density at radius 1 is 1.14 bits per heavy atom. The molecule has 2 aliphatic rings. The molecule has 21 heavy (non-hydrogen) atoms. The Bertz CT molecular complexity index is 446. The molecule has 1 aliphatic carbocycles. The van der Waals surface area contributed by atoms with Gasteiger partial charge >= 0.3 is 0 Å². The van der Waals surface area contributed by atoms with Gasteiger partial charge < -0.3 is 4.90 Å². The van der Waals surface area contributed by atoms with Crippen molar-refractivity contribution in [1.29, 1.82) is 0 Å². The Labute approximate surface area is 129 Å². The summed E-state index contributed by atoms with van der Waals surface area (Å²) in [4.78, 5) is 13.8. The molecule has 1 heterocycles. The molecule has 0 aromatic heterocycles. The average Bonchev–Trinajstić information content (AvgIpc) is 2.33. The van der Waals surface area contributed by atoms with Gasteiger partial charge in [0.05, 0.1) is 11.0 Å². The maximum Gasteiger partial charge on any atom is 0.222 e. The Morgan fingerprint density at radius 2 is 1.76 bits per heavy atom. The third-order valence-corrected chi connectivity index (χ3v) is 7.21. The summed E-state index contributed by atoms with van der Waals surface area (Å²) in [6, 6.07) is 0. The van der Waals surface area contributed by atoms with Crippen LogP contribution >= 0.6 is 0 Å². The molecule has 2 rings (SSSR count). The van der Waals surface area contributed by atoms with Crippen LogP contribution < -0.4 is 0 Å². The topological polar surface area (TPSA) is 54.5 Å². The smallest absolute Gasteiger partial charge is 0.222 e. The van der Waals surface area contributed by atoms with Gasteiger partial charge in [-0.1, -0.05) is 46.0 Å². The number of carbonyl (C=O) groups excluding carboxylic acids is 1. The van der Waals surface area contributed by atoms with Crippen LogP contribution in [-0.4, -0.2) is 43.3 Å². The minimum Gasteiger partial charge on any atom is -0.340 e. The highest BCUT2D eigenvalue weighted by molar-refractivity contribution is 7.92. The van der Waals surface area contributed by atoms with Crippen LogP contribution in [-0.2, 0) is 14.6 Å². The zero-order chi connectivity index (χ0) is 15.5. The largest absolute Gasteiger partial charge is 0.340 e. The summed E-state index contributed by atoms with van der Waals surface area (Å²) in [6.07, 6.45) is 8.06. The molecule has 4 nitrogen and oxygen atoms in total. The second kappa shape index (κ2) is 7.12. The zero-order valence-corrected chi connectivity index (χ0v) is 14.2. The molecule has 5 heteroatoms. The van der Waals surface area contributed by atoms with Gasteiger partial charge in [-0.15, -0.1) is 0 Å². The Hall–Kier alpha value is -0.580. The van der Waals surface area contributed by atoms with Crippen LogP contribution in [0.2, 0.25) is 0 Å². The van der Waals surface area contributed by atoms with Gasteiger partial charge in [0.1, 0.15) is 0 Å². The Kier molecular flexibility index (Phi) is 5.69. The fourth-order valence-corrected chi connectivity index (χ4v) is 5.45. The van der Waals surface area contributed by atoms with Crippen LogP contribution in [0, 0.1) is 11.8 Å². The SMILES string of the molecule is CC(C)CS(=O)(=O)C1CN(C(=O)CCC2CCCCC2)C1. The first-order chi connectivity index (χ1) is 9.88. The first-order valence-electron chi connectivity index (χ1n) is 8.38. The van der Waals surface area contributed by atoms with Gasteiger partial charge in [0.2, 0.25) is 5.91 Å². The lowest BCUT2D eigenvalue weighted by atomic mass is 9.86. The summed E-state index contributed by atoms with van der Waals surface area (Å²) in [7, 11) is -3.02. The molecule has 0 N–H and O–H groups in total. The normalized spacial score (nSPS) is 21.6. The molecule has 2 fully saturated rings. The summed E-state index contributed by atoms with van der Waals surface area (Å²) in [6.45, 7) is 4.67. The predicted octanol–water partition coefficient (Wildman–Crippen LogP) is 2.63. The lowest BCUT2D eigenvalue weighted by molar-refractivity contribution is -0.134. The average molecular weight is 315 g/mol. The van der Waals surface area contributed by atoms with Crippen molar-refractivity contribution in [2.24, 2.45) is 11.8 Å². The summed E-state index contributed by atoms with van der Waals surface area (Å²) in [5.41, 5.74) is 0. The number of amides is 1. The molecule has 1 aliphatic heterocycles. The number of nitrogens with zero attached hydrogens (tertiary/aromatic N) is 1. The maximum atomic E-state index is 12.1. The Balaban J connectivity index is 1.70. The highest BCUT2D eigenvalue weighted by Gasteiger charge is 2.39. The zero-order valence-electron chi connectivity index (χ0n) is 13.4. The third-order valence-electron chi connectivity index (χ3n) is 4.77. The van der Waals surface area contributed by atoms with E-state index < -0.39 is 9.84 Å². The molecular formula is C16H29NO3S. The van der Waals surface area contributed by atoms with E-state index in [1.807, 2.05) is 13.8 Å². The van der Waals surface area contributed by atoms with E-state index >= 15 is 0 Å². The van der Waals surface area contributed by atoms with Crippen molar-refractivity contribution in [1.82, 2.24) is 4.90 Å². The van der Waals surface area contributed by atoms with Crippen LogP contribution in [0.15, 0.2) is 0 Å². The maximum absolute atomic E-state index is 12.1. The predicted molar refractivity (Wildman–Crippen MR) is 84.8 cm³/mol. The molecule has 0 radical (unpaired) electrons. The highest BCUT2D eigenvalue weighted by Crippen LogP contribution is 2.28. The van der Waals surface area contributed by atoms with Crippen molar-refractivity contribution in [2.45, 2.75) is 64.0 Å². The molecule has 0 atom stereocenters. The van der Waals surface area contributed by atoms with E-state index in [0.29, 0.717) is 25.4 Å². The van der Waals surface area contributed by atoms with Gasteiger partial charge in [-0.25, -0.2) is 8.42 Å². The van der Waals surface area contributed by atoms with Crippen LogP contribution in [0.4, 0.5) is 0 Å². The third kappa shape index (κ3) is 4.70. The first-order valence-corrected chi connectivity index (χ1v) is 10.1. The lowest BCUT2D eigenvalue weighted by Crippen LogP contribution is -2.57. The number of rotatable bonds is 6. The van der Waals surface area contributed by atoms with Crippen LogP contribution in [0.1, 0.15) is 58.8 Å². The second-order valence-corrected chi connectivity index (χ2v) is 9.51. The molecule has 0 spiro atoms. The quantitative estimate of drug-likeness (QED) is 0.757. The number of likely N-dealkylation sites (tertiary alicyclic amines) is 1.